The monoisotopic (exact) mass is 269 g/mol. The minimum Gasteiger partial charge on any atom is -0.480 e. The largest absolute Gasteiger partial charge is 0.480 e. The summed E-state index contributed by atoms with van der Waals surface area (Å²) in [4.78, 5) is 10.8. The fraction of sp³-hybridized carbons (Fsp3) is 0.235. The maximum atomic E-state index is 10.8. The zero-order chi connectivity index (χ0) is 14.7. The first-order chi connectivity index (χ1) is 9.49. The normalized spacial score (nSPS) is 12.2. The third-order valence-corrected chi connectivity index (χ3v) is 3.47. The van der Waals surface area contributed by atoms with Gasteiger partial charge in [-0.25, -0.2) is 0 Å². The van der Waals surface area contributed by atoms with E-state index in [4.69, 9.17) is 10.8 Å². The Balaban J connectivity index is 2.37. The molecular weight excluding hydrogens is 250 g/mol. The van der Waals surface area contributed by atoms with Crippen LogP contribution in [0.5, 0.6) is 0 Å². The van der Waals surface area contributed by atoms with Crippen LogP contribution in [0, 0.1) is 13.8 Å². The van der Waals surface area contributed by atoms with Crippen molar-refractivity contribution in [2.24, 2.45) is 5.73 Å². The third-order valence-electron chi connectivity index (χ3n) is 3.47. The SMILES string of the molecule is Cc1cccc(C)c1-c1cccc(C[C@H](N)C(=O)O)c1. The van der Waals surface area contributed by atoms with Gasteiger partial charge in [0.15, 0.2) is 0 Å². The van der Waals surface area contributed by atoms with E-state index in [1.807, 2.05) is 30.3 Å². The minimum atomic E-state index is -0.970. The predicted octanol–water partition coefficient (Wildman–Crippen LogP) is 2.92. The second-order valence-electron chi connectivity index (χ2n) is 5.12. The smallest absolute Gasteiger partial charge is 0.320 e. The van der Waals surface area contributed by atoms with Crippen LogP contribution in [0.4, 0.5) is 0 Å². The van der Waals surface area contributed by atoms with Crippen molar-refractivity contribution < 1.29 is 9.90 Å². The van der Waals surface area contributed by atoms with Crippen LogP contribution in [-0.2, 0) is 11.2 Å². The van der Waals surface area contributed by atoms with Gasteiger partial charge in [0.2, 0.25) is 0 Å². The third kappa shape index (κ3) is 3.06. The van der Waals surface area contributed by atoms with Crippen molar-refractivity contribution in [1.29, 1.82) is 0 Å². The Labute approximate surface area is 119 Å². The molecule has 0 bridgehead atoms. The summed E-state index contributed by atoms with van der Waals surface area (Å²) >= 11 is 0. The molecule has 3 nitrogen and oxygen atoms in total. The fourth-order valence-corrected chi connectivity index (χ4v) is 2.46. The lowest BCUT2D eigenvalue weighted by atomic mass is 9.93. The van der Waals surface area contributed by atoms with Gasteiger partial charge in [-0.3, -0.25) is 4.79 Å². The molecule has 0 heterocycles. The van der Waals surface area contributed by atoms with Gasteiger partial charge in [0.05, 0.1) is 0 Å². The molecule has 2 rings (SSSR count). The van der Waals surface area contributed by atoms with Gasteiger partial charge in [0.1, 0.15) is 6.04 Å². The molecule has 2 aromatic carbocycles. The second-order valence-corrected chi connectivity index (χ2v) is 5.12. The Morgan fingerprint density at radius 3 is 2.35 bits per heavy atom. The number of carbonyl (C=O) groups is 1. The van der Waals surface area contributed by atoms with Gasteiger partial charge >= 0.3 is 5.97 Å². The van der Waals surface area contributed by atoms with E-state index in [0.29, 0.717) is 6.42 Å². The molecule has 0 spiro atoms. The summed E-state index contributed by atoms with van der Waals surface area (Å²) in [6.07, 6.45) is 0.341. The molecule has 0 aromatic heterocycles. The highest BCUT2D eigenvalue weighted by molar-refractivity contribution is 5.74. The number of hydrogen-bond donors (Lipinski definition) is 2. The molecule has 3 N–H and O–H groups in total. The van der Waals surface area contributed by atoms with E-state index in [1.165, 1.54) is 16.7 Å². The molecule has 0 fully saturated rings. The van der Waals surface area contributed by atoms with Crippen LogP contribution in [0.3, 0.4) is 0 Å². The van der Waals surface area contributed by atoms with Crippen molar-refractivity contribution in [1.82, 2.24) is 0 Å². The van der Waals surface area contributed by atoms with Crippen LogP contribution >= 0.6 is 0 Å². The molecule has 0 aliphatic rings. The first-order valence-corrected chi connectivity index (χ1v) is 6.63. The van der Waals surface area contributed by atoms with Gasteiger partial charge in [-0.15, -0.1) is 0 Å². The van der Waals surface area contributed by atoms with E-state index in [1.54, 1.807) is 0 Å². The molecule has 0 aliphatic carbocycles. The van der Waals surface area contributed by atoms with Crippen LogP contribution in [-0.4, -0.2) is 17.1 Å². The Hall–Kier alpha value is -2.13. The molecule has 0 aliphatic heterocycles. The number of nitrogens with two attached hydrogens (primary N) is 1. The van der Waals surface area contributed by atoms with E-state index in [0.717, 1.165) is 11.1 Å². The molecule has 0 amide bonds. The summed E-state index contributed by atoms with van der Waals surface area (Å²) in [5.74, 6) is -0.970. The number of aryl methyl sites for hydroxylation is 2. The average molecular weight is 269 g/mol. The summed E-state index contributed by atoms with van der Waals surface area (Å²) in [7, 11) is 0. The van der Waals surface area contributed by atoms with Crippen molar-refractivity contribution in [3.05, 3.63) is 59.2 Å². The quantitative estimate of drug-likeness (QED) is 0.897. The first-order valence-electron chi connectivity index (χ1n) is 6.63. The zero-order valence-electron chi connectivity index (χ0n) is 11.8. The highest BCUT2D eigenvalue weighted by atomic mass is 16.4. The molecule has 3 heteroatoms. The van der Waals surface area contributed by atoms with Crippen LogP contribution in [0.15, 0.2) is 42.5 Å². The number of carboxylic acid groups (broad SMARTS) is 1. The molecular formula is C17H19NO2. The van der Waals surface area contributed by atoms with Gasteiger partial charge < -0.3 is 10.8 Å². The van der Waals surface area contributed by atoms with Gasteiger partial charge in [-0.1, -0.05) is 42.5 Å². The molecule has 1 atom stereocenters. The highest BCUT2D eigenvalue weighted by Gasteiger charge is 2.13. The van der Waals surface area contributed by atoms with Crippen LogP contribution < -0.4 is 5.73 Å². The van der Waals surface area contributed by atoms with Crippen molar-refractivity contribution in [3.63, 3.8) is 0 Å². The summed E-state index contributed by atoms with van der Waals surface area (Å²) < 4.78 is 0. The standard InChI is InChI=1S/C17H19NO2/c1-11-5-3-6-12(2)16(11)14-8-4-7-13(9-14)10-15(18)17(19)20/h3-9,15H,10,18H2,1-2H3,(H,19,20)/t15-/m0/s1. The maximum absolute atomic E-state index is 10.8. The maximum Gasteiger partial charge on any atom is 0.320 e. The lowest BCUT2D eigenvalue weighted by molar-refractivity contribution is -0.138. The molecule has 0 radical (unpaired) electrons. The second kappa shape index (κ2) is 5.88. The Bertz CT molecular complexity index is 614. The summed E-state index contributed by atoms with van der Waals surface area (Å²) in [5, 5.41) is 8.89. The van der Waals surface area contributed by atoms with Crippen molar-refractivity contribution >= 4 is 5.97 Å². The number of carboxylic acids is 1. The molecule has 0 saturated carbocycles. The topological polar surface area (TPSA) is 63.3 Å². The van der Waals surface area contributed by atoms with E-state index in [9.17, 15) is 4.79 Å². The predicted molar refractivity (Wildman–Crippen MR) is 80.7 cm³/mol. The Morgan fingerprint density at radius 1 is 1.15 bits per heavy atom. The molecule has 20 heavy (non-hydrogen) atoms. The summed E-state index contributed by atoms with van der Waals surface area (Å²) in [6.45, 7) is 4.16. The van der Waals surface area contributed by atoms with Gasteiger partial charge in [-0.05, 0) is 48.1 Å². The summed E-state index contributed by atoms with van der Waals surface area (Å²) in [6, 6.07) is 13.3. The van der Waals surface area contributed by atoms with Gasteiger partial charge in [-0.2, -0.15) is 0 Å². The van der Waals surface area contributed by atoms with E-state index in [2.05, 4.69) is 26.0 Å². The van der Waals surface area contributed by atoms with Crippen LogP contribution in [0.25, 0.3) is 11.1 Å². The summed E-state index contributed by atoms with van der Waals surface area (Å²) in [5.41, 5.74) is 11.3. The van der Waals surface area contributed by atoms with Gasteiger partial charge in [0.25, 0.3) is 0 Å². The minimum absolute atomic E-state index is 0.341. The lowest BCUT2D eigenvalue weighted by Gasteiger charge is -2.12. The van der Waals surface area contributed by atoms with Gasteiger partial charge in [0, 0.05) is 0 Å². The van der Waals surface area contributed by atoms with Crippen molar-refractivity contribution in [2.45, 2.75) is 26.3 Å². The molecule has 104 valence electrons. The molecule has 0 unspecified atom stereocenters. The van der Waals surface area contributed by atoms with E-state index >= 15 is 0 Å². The van der Waals surface area contributed by atoms with Crippen molar-refractivity contribution in [2.75, 3.05) is 0 Å². The van der Waals surface area contributed by atoms with Crippen molar-refractivity contribution in [3.8, 4) is 11.1 Å². The number of hydrogen-bond acceptors (Lipinski definition) is 2. The lowest BCUT2D eigenvalue weighted by Crippen LogP contribution is -2.32. The Kier molecular flexibility index (Phi) is 4.20. The van der Waals surface area contributed by atoms with E-state index < -0.39 is 12.0 Å². The highest BCUT2D eigenvalue weighted by Crippen LogP contribution is 2.27. The average Bonchev–Trinajstić information content (AvgIpc) is 2.38. The molecule has 2 aromatic rings. The number of benzene rings is 2. The first kappa shape index (κ1) is 14.3. The van der Waals surface area contributed by atoms with Crippen LogP contribution in [0.1, 0.15) is 16.7 Å². The van der Waals surface area contributed by atoms with E-state index in [-0.39, 0.29) is 0 Å². The Morgan fingerprint density at radius 2 is 1.75 bits per heavy atom. The number of rotatable bonds is 4. The zero-order valence-corrected chi connectivity index (χ0v) is 11.8. The molecule has 0 saturated heterocycles. The fourth-order valence-electron chi connectivity index (χ4n) is 2.46. The number of aliphatic carboxylic acids is 1. The van der Waals surface area contributed by atoms with Crippen LogP contribution in [0.2, 0.25) is 0 Å².